The first kappa shape index (κ1) is 14.1. The highest BCUT2D eigenvalue weighted by Gasteiger charge is 2.14. The number of aryl methyl sites for hydroxylation is 1. The summed E-state index contributed by atoms with van der Waals surface area (Å²) >= 11 is 6.06. The van der Waals surface area contributed by atoms with E-state index in [2.05, 4.69) is 5.32 Å². The Kier molecular flexibility index (Phi) is 3.81. The Morgan fingerprint density at radius 3 is 2.60 bits per heavy atom. The molecule has 0 bridgehead atoms. The third-order valence-corrected chi connectivity index (χ3v) is 3.12. The second-order valence-corrected chi connectivity index (χ2v) is 4.79. The number of nitrogen functional groups attached to an aromatic ring is 1. The van der Waals surface area contributed by atoms with Crippen LogP contribution in [0, 0.1) is 12.7 Å². The molecule has 2 aromatic rings. The molecule has 0 unspecified atom stereocenters. The zero-order valence-corrected chi connectivity index (χ0v) is 11.5. The first-order valence-corrected chi connectivity index (χ1v) is 6.18. The number of halogens is 2. The molecule has 4 nitrogen and oxygen atoms in total. The molecule has 104 valence electrons. The van der Waals surface area contributed by atoms with Crippen LogP contribution in [0.25, 0.3) is 0 Å². The molecule has 0 heterocycles. The van der Waals surface area contributed by atoms with E-state index in [0.29, 0.717) is 22.6 Å². The third-order valence-electron chi connectivity index (χ3n) is 2.82. The molecule has 0 atom stereocenters. The number of carbonyl (C=O) groups excluding carboxylic acids is 1. The van der Waals surface area contributed by atoms with Crippen molar-refractivity contribution in [1.29, 1.82) is 0 Å². The van der Waals surface area contributed by atoms with E-state index in [1.54, 1.807) is 19.1 Å². The largest absolute Gasteiger partial charge is 0.399 e. The molecule has 0 saturated heterocycles. The van der Waals surface area contributed by atoms with Crippen molar-refractivity contribution in [2.45, 2.75) is 6.92 Å². The van der Waals surface area contributed by atoms with E-state index in [1.807, 2.05) is 0 Å². The number of carbonyl (C=O) groups is 1. The fraction of sp³-hybridized carbons (Fsp3) is 0.0714. The van der Waals surface area contributed by atoms with Crippen LogP contribution in [-0.4, -0.2) is 5.91 Å². The normalized spacial score (nSPS) is 10.3. The molecule has 0 aromatic heterocycles. The Labute approximate surface area is 120 Å². The number of rotatable bonds is 3. The summed E-state index contributed by atoms with van der Waals surface area (Å²) in [6.07, 6.45) is 0. The van der Waals surface area contributed by atoms with Crippen molar-refractivity contribution in [2.75, 3.05) is 11.1 Å². The van der Waals surface area contributed by atoms with Gasteiger partial charge in [0.05, 0.1) is 16.3 Å². The van der Waals surface area contributed by atoms with Crippen LogP contribution < -0.4 is 16.8 Å². The molecule has 20 heavy (non-hydrogen) atoms. The van der Waals surface area contributed by atoms with Gasteiger partial charge in [-0.05, 0) is 36.8 Å². The first-order valence-electron chi connectivity index (χ1n) is 5.80. The zero-order valence-electron chi connectivity index (χ0n) is 10.7. The number of anilines is 3. The lowest BCUT2D eigenvalue weighted by Crippen LogP contribution is -2.14. The highest BCUT2D eigenvalue weighted by molar-refractivity contribution is 6.34. The summed E-state index contributed by atoms with van der Waals surface area (Å²) in [4.78, 5) is 11.4. The topological polar surface area (TPSA) is 81.1 Å². The first-order chi connectivity index (χ1) is 9.38. The summed E-state index contributed by atoms with van der Waals surface area (Å²) in [7, 11) is 0. The van der Waals surface area contributed by atoms with Gasteiger partial charge in [0.1, 0.15) is 5.82 Å². The van der Waals surface area contributed by atoms with E-state index < -0.39 is 5.91 Å². The van der Waals surface area contributed by atoms with E-state index in [-0.39, 0.29) is 16.4 Å². The summed E-state index contributed by atoms with van der Waals surface area (Å²) < 4.78 is 13.5. The van der Waals surface area contributed by atoms with Crippen LogP contribution in [0.4, 0.5) is 21.5 Å². The smallest absolute Gasteiger partial charge is 0.250 e. The third kappa shape index (κ3) is 2.83. The molecular weight excluding hydrogens is 281 g/mol. The molecule has 0 aliphatic carbocycles. The fourth-order valence-electron chi connectivity index (χ4n) is 1.76. The predicted molar refractivity (Wildman–Crippen MR) is 78.8 cm³/mol. The minimum atomic E-state index is -0.672. The van der Waals surface area contributed by atoms with Gasteiger partial charge < -0.3 is 16.8 Å². The lowest BCUT2D eigenvalue weighted by Gasteiger charge is -2.13. The quantitative estimate of drug-likeness (QED) is 0.760. The molecule has 2 rings (SSSR count). The summed E-state index contributed by atoms with van der Waals surface area (Å²) in [5, 5.41) is 3.12. The van der Waals surface area contributed by atoms with E-state index >= 15 is 0 Å². The summed E-state index contributed by atoms with van der Waals surface area (Å²) in [5.74, 6) is -1.03. The van der Waals surface area contributed by atoms with Gasteiger partial charge in [0.15, 0.2) is 0 Å². The average molecular weight is 294 g/mol. The van der Waals surface area contributed by atoms with Gasteiger partial charge in [0.2, 0.25) is 0 Å². The van der Waals surface area contributed by atoms with Crippen LogP contribution in [0.3, 0.4) is 0 Å². The predicted octanol–water partition coefficient (Wildman–Crippen LogP) is 3.21. The Morgan fingerprint density at radius 2 is 2.00 bits per heavy atom. The maximum atomic E-state index is 13.5. The van der Waals surface area contributed by atoms with Gasteiger partial charge in [-0.2, -0.15) is 0 Å². The number of hydrogen-bond acceptors (Lipinski definition) is 3. The Morgan fingerprint density at radius 1 is 1.30 bits per heavy atom. The maximum Gasteiger partial charge on any atom is 0.250 e. The molecule has 1 amide bonds. The Balaban J connectivity index is 2.47. The van der Waals surface area contributed by atoms with Gasteiger partial charge in [-0.25, -0.2) is 4.39 Å². The SMILES string of the molecule is Cc1ccc(Nc2c(Cl)cc(N)cc2C(N)=O)cc1F. The second kappa shape index (κ2) is 5.38. The number of amides is 1. The Hall–Kier alpha value is -2.27. The Bertz CT molecular complexity index is 688. The molecule has 5 N–H and O–H groups in total. The summed E-state index contributed by atoms with van der Waals surface area (Å²) in [5.41, 5.74) is 12.7. The fourth-order valence-corrected chi connectivity index (χ4v) is 2.04. The monoisotopic (exact) mass is 293 g/mol. The van der Waals surface area contributed by atoms with Crippen molar-refractivity contribution < 1.29 is 9.18 Å². The second-order valence-electron chi connectivity index (χ2n) is 4.38. The molecule has 0 aliphatic rings. The van der Waals surface area contributed by atoms with Crippen LogP contribution >= 0.6 is 11.6 Å². The lowest BCUT2D eigenvalue weighted by atomic mass is 10.1. The molecular formula is C14H13ClFN3O. The molecule has 0 aliphatic heterocycles. The van der Waals surface area contributed by atoms with Crippen LogP contribution in [0.15, 0.2) is 30.3 Å². The van der Waals surface area contributed by atoms with Crippen molar-refractivity contribution in [3.05, 3.63) is 52.3 Å². The van der Waals surface area contributed by atoms with Crippen LogP contribution in [0.2, 0.25) is 5.02 Å². The number of nitrogens with two attached hydrogens (primary N) is 2. The molecule has 2 aromatic carbocycles. The number of hydrogen-bond donors (Lipinski definition) is 3. The standard InChI is InChI=1S/C14H13ClFN3O/c1-7-2-3-9(6-12(7)16)19-13-10(14(18)20)4-8(17)5-11(13)15/h2-6,19H,17H2,1H3,(H2,18,20). The maximum absolute atomic E-state index is 13.5. The van der Waals surface area contributed by atoms with Crippen molar-refractivity contribution in [1.82, 2.24) is 0 Å². The molecule has 0 spiro atoms. The summed E-state index contributed by atoms with van der Waals surface area (Å²) in [6.45, 7) is 1.66. The van der Waals surface area contributed by atoms with E-state index in [0.717, 1.165) is 0 Å². The van der Waals surface area contributed by atoms with Gasteiger partial charge in [-0.1, -0.05) is 17.7 Å². The summed E-state index contributed by atoms with van der Waals surface area (Å²) in [6, 6.07) is 7.51. The van der Waals surface area contributed by atoms with Crippen LogP contribution in [0.1, 0.15) is 15.9 Å². The van der Waals surface area contributed by atoms with E-state index in [9.17, 15) is 9.18 Å². The van der Waals surface area contributed by atoms with E-state index in [1.165, 1.54) is 18.2 Å². The van der Waals surface area contributed by atoms with Crippen molar-refractivity contribution in [3.63, 3.8) is 0 Å². The van der Waals surface area contributed by atoms with Gasteiger partial charge >= 0.3 is 0 Å². The van der Waals surface area contributed by atoms with Gasteiger partial charge in [0, 0.05) is 11.4 Å². The minimum absolute atomic E-state index is 0.149. The molecule has 6 heteroatoms. The highest BCUT2D eigenvalue weighted by atomic mass is 35.5. The minimum Gasteiger partial charge on any atom is -0.399 e. The van der Waals surface area contributed by atoms with Crippen LogP contribution in [0.5, 0.6) is 0 Å². The zero-order chi connectivity index (χ0) is 14.9. The molecule has 0 fully saturated rings. The van der Waals surface area contributed by atoms with E-state index in [4.69, 9.17) is 23.1 Å². The highest BCUT2D eigenvalue weighted by Crippen LogP contribution is 2.32. The van der Waals surface area contributed by atoms with Crippen molar-refractivity contribution in [2.24, 2.45) is 5.73 Å². The van der Waals surface area contributed by atoms with Crippen molar-refractivity contribution >= 4 is 34.6 Å². The number of nitrogens with one attached hydrogen (secondary N) is 1. The average Bonchev–Trinajstić information content (AvgIpc) is 2.36. The van der Waals surface area contributed by atoms with Gasteiger partial charge in [-0.3, -0.25) is 4.79 Å². The van der Waals surface area contributed by atoms with Crippen molar-refractivity contribution in [3.8, 4) is 0 Å². The number of primary amides is 1. The van der Waals surface area contributed by atoms with Crippen LogP contribution in [-0.2, 0) is 0 Å². The molecule has 0 saturated carbocycles. The lowest BCUT2D eigenvalue weighted by molar-refractivity contribution is 0.100. The number of benzene rings is 2. The molecule has 0 radical (unpaired) electrons. The van der Waals surface area contributed by atoms with Gasteiger partial charge in [-0.15, -0.1) is 0 Å². The van der Waals surface area contributed by atoms with Gasteiger partial charge in [0.25, 0.3) is 5.91 Å².